The van der Waals surface area contributed by atoms with E-state index in [1.807, 2.05) is 6.07 Å². The lowest BCUT2D eigenvalue weighted by molar-refractivity contribution is 0.306. The zero-order valence-electron chi connectivity index (χ0n) is 9.42. The Morgan fingerprint density at radius 3 is 2.69 bits per heavy atom. The average Bonchev–Trinajstić information content (AvgIpc) is 2.33. The Morgan fingerprint density at radius 1 is 1.19 bits per heavy atom. The summed E-state index contributed by atoms with van der Waals surface area (Å²) in [5.74, 6) is 0.534. The van der Waals surface area contributed by atoms with Crippen LogP contribution in [0.15, 0.2) is 35.4 Å². The highest BCUT2D eigenvalue weighted by molar-refractivity contribution is 5.15. The summed E-state index contributed by atoms with van der Waals surface area (Å²) in [7, 11) is 0. The molecule has 84 valence electrons. The minimum absolute atomic E-state index is 0.207. The Balaban J connectivity index is 2.04. The summed E-state index contributed by atoms with van der Waals surface area (Å²) in [5, 5.41) is 3.94. The van der Waals surface area contributed by atoms with Crippen LogP contribution in [0.1, 0.15) is 31.2 Å². The molecule has 1 fully saturated rings. The molecular formula is C13H17N3. The molecule has 0 radical (unpaired) electrons. The van der Waals surface area contributed by atoms with E-state index in [2.05, 4.69) is 34.3 Å². The van der Waals surface area contributed by atoms with Gasteiger partial charge in [-0.3, -0.25) is 0 Å². The molecule has 0 saturated heterocycles. The fraction of sp³-hybridized carbons (Fsp3) is 0.538. The lowest BCUT2D eigenvalue weighted by Crippen LogP contribution is -2.24. The monoisotopic (exact) mass is 215 g/mol. The van der Waals surface area contributed by atoms with Gasteiger partial charge in [0.25, 0.3) is 0 Å². The number of azide groups is 1. The zero-order chi connectivity index (χ0) is 11.2. The van der Waals surface area contributed by atoms with Gasteiger partial charge in [-0.25, -0.2) is 0 Å². The van der Waals surface area contributed by atoms with Gasteiger partial charge in [-0.2, -0.15) is 0 Å². The van der Waals surface area contributed by atoms with Crippen LogP contribution in [0, 0.1) is 5.92 Å². The van der Waals surface area contributed by atoms with Crippen molar-refractivity contribution in [3.63, 3.8) is 0 Å². The van der Waals surface area contributed by atoms with E-state index in [1.54, 1.807) is 0 Å². The van der Waals surface area contributed by atoms with E-state index in [0.717, 1.165) is 12.8 Å². The van der Waals surface area contributed by atoms with Gasteiger partial charge in [-0.15, -0.1) is 0 Å². The third kappa shape index (κ3) is 2.77. The second kappa shape index (κ2) is 5.57. The van der Waals surface area contributed by atoms with Crippen LogP contribution in [-0.2, 0) is 6.42 Å². The first-order chi connectivity index (χ1) is 7.90. The summed E-state index contributed by atoms with van der Waals surface area (Å²) in [6, 6.07) is 10.7. The molecule has 2 rings (SSSR count). The van der Waals surface area contributed by atoms with Crippen LogP contribution < -0.4 is 0 Å². The molecule has 0 amide bonds. The second-order valence-corrected chi connectivity index (χ2v) is 4.51. The van der Waals surface area contributed by atoms with Gasteiger partial charge in [0.2, 0.25) is 0 Å². The van der Waals surface area contributed by atoms with Gasteiger partial charge in [0, 0.05) is 11.0 Å². The van der Waals surface area contributed by atoms with Gasteiger partial charge in [-0.05, 0) is 36.3 Å². The Bertz CT molecular complexity index is 368. The first-order valence-electron chi connectivity index (χ1n) is 5.98. The van der Waals surface area contributed by atoms with Crippen LogP contribution >= 0.6 is 0 Å². The van der Waals surface area contributed by atoms with Crippen molar-refractivity contribution in [3.05, 3.63) is 46.3 Å². The van der Waals surface area contributed by atoms with Crippen LogP contribution in [0.5, 0.6) is 0 Å². The first-order valence-corrected chi connectivity index (χ1v) is 5.98. The summed E-state index contributed by atoms with van der Waals surface area (Å²) in [6.45, 7) is 0. The van der Waals surface area contributed by atoms with Crippen LogP contribution in [0.2, 0.25) is 0 Å². The van der Waals surface area contributed by atoms with Gasteiger partial charge in [0.05, 0.1) is 0 Å². The Hall–Kier alpha value is -1.47. The molecule has 0 aromatic heterocycles. The molecule has 3 nitrogen and oxygen atoms in total. The molecule has 0 N–H and O–H groups in total. The van der Waals surface area contributed by atoms with E-state index < -0.39 is 0 Å². The number of benzene rings is 1. The van der Waals surface area contributed by atoms with Gasteiger partial charge in [0.15, 0.2) is 0 Å². The van der Waals surface area contributed by atoms with E-state index in [4.69, 9.17) is 5.53 Å². The van der Waals surface area contributed by atoms with Crippen LogP contribution in [-0.4, -0.2) is 6.04 Å². The molecule has 2 atom stereocenters. The van der Waals surface area contributed by atoms with Crippen LogP contribution in [0.4, 0.5) is 0 Å². The molecule has 1 aromatic rings. The fourth-order valence-corrected chi connectivity index (χ4v) is 2.56. The highest BCUT2D eigenvalue weighted by Crippen LogP contribution is 2.29. The third-order valence-corrected chi connectivity index (χ3v) is 3.41. The minimum atomic E-state index is 0.207. The number of hydrogen-bond acceptors (Lipinski definition) is 1. The van der Waals surface area contributed by atoms with Crippen molar-refractivity contribution in [1.29, 1.82) is 0 Å². The normalized spacial score (nSPS) is 24.8. The third-order valence-electron chi connectivity index (χ3n) is 3.41. The smallest absolute Gasteiger partial charge is 0.0405 e. The highest BCUT2D eigenvalue weighted by Gasteiger charge is 2.23. The molecule has 0 heterocycles. The molecule has 16 heavy (non-hydrogen) atoms. The highest BCUT2D eigenvalue weighted by atomic mass is 15.1. The zero-order valence-corrected chi connectivity index (χ0v) is 9.42. The molecule has 1 aliphatic carbocycles. The maximum absolute atomic E-state index is 8.56. The van der Waals surface area contributed by atoms with Crippen molar-refractivity contribution in [2.24, 2.45) is 11.0 Å². The molecule has 0 bridgehead atoms. The van der Waals surface area contributed by atoms with Gasteiger partial charge < -0.3 is 0 Å². The predicted octanol–water partition coefficient (Wildman–Crippen LogP) is 4.10. The molecule has 0 spiro atoms. The molecule has 3 heteroatoms. The maximum atomic E-state index is 8.56. The van der Waals surface area contributed by atoms with Crippen molar-refractivity contribution in [3.8, 4) is 0 Å². The summed E-state index contributed by atoms with van der Waals surface area (Å²) in [5.41, 5.74) is 9.91. The molecule has 1 aromatic carbocycles. The molecule has 1 aliphatic rings. The molecule has 0 unspecified atom stereocenters. The Kier molecular flexibility index (Phi) is 3.84. The molecule has 0 aliphatic heterocycles. The maximum Gasteiger partial charge on any atom is 0.0405 e. The molecular weight excluding hydrogens is 198 g/mol. The van der Waals surface area contributed by atoms with Crippen molar-refractivity contribution in [2.45, 2.75) is 38.1 Å². The summed E-state index contributed by atoms with van der Waals surface area (Å²) in [4.78, 5) is 2.98. The second-order valence-electron chi connectivity index (χ2n) is 4.51. The van der Waals surface area contributed by atoms with Crippen LogP contribution in [0.25, 0.3) is 10.4 Å². The average molecular weight is 215 g/mol. The van der Waals surface area contributed by atoms with Gasteiger partial charge in [0.1, 0.15) is 0 Å². The largest absolute Gasteiger partial charge is 0.0903 e. The van der Waals surface area contributed by atoms with E-state index in [1.165, 1.54) is 24.8 Å². The van der Waals surface area contributed by atoms with Crippen molar-refractivity contribution < 1.29 is 0 Å². The molecule has 1 saturated carbocycles. The Morgan fingerprint density at radius 2 is 1.94 bits per heavy atom. The summed E-state index contributed by atoms with van der Waals surface area (Å²) < 4.78 is 0. The standard InChI is InChI=1S/C13H17N3/c14-16-15-13-9-5-4-8-12(13)10-11-6-2-1-3-7-11/h1-3,6-7,12-13H,4-5,8-10H2/t12-,13+/m0/s1. The number of hydrogen-bond donors (Lipinski definition) is 0. The van der Waals surface area contributed by atoms with Crippen molar-refractivity contribution in [1.82, 2.24) is 0 Å². The van der Waals surface area contributed by atoms with E-state index in [-0.39, 0.29) is 6.04 Å². The quantitative estimate of drug-likeness (QED) is 0.414. The van der Waals surface area contributed by atoms with Crippen molar-refractivity contribution >= 4 is 0 Å². The van der Waals surface area contributed by atoms with Crippen LogP contribution in [0.3, 0.4) is 0 Å². The number of rotatable bonds is 3. The minimum Gasteiger partial charge on any atom is -0.0903 e. The predicted molar refractivity (Wildman–Crippen MR) is 65.0 cm³/mol. The van der Waals surface area contributed by atoms with E-state index in [9.17, 15) is 0 Å². The fourth-order valence-electron chi connectivity index (χ4n) is 2.56. The van der Waals surface area contributed by atoms with E-state index >= 15 is 0 Å². The van der Waals surface area contributed by atoms with Gasteiger partial charge in [-0.1, -0.05) is 48.3 Å². The Labute approximate surface area is 96.1 Å². The first kappa shape index (κ1) is 11.0. The van der Waals surface area contributed by atoms with Gasteiger partial charge >= 0.3 is 0 Å². The number of nitrogens with zero attached hydrogens (tertiary/aromatic N) is 3. The summed E-state index contributed by atoms with van der Waals surface area (Å²) >= 11 is 0. The topological polar surface area (TPSA) is 48.8 Å². The lowest BCUT2D eigenvalue weighted by atomic mass is 9.81. The summed E-state index contributed by atoms with van der Waals surface area (Å²) in [6.07, 6.45) is 5.77. The lowest BCUT2D eigenvalue weighted by Gasteiger charge is -2.28. The SMILES string of the molecule is [N-]=[N+]=N[C@@H]1CCCC[C@H]1Cc1ccccc1. The van der Waals surface area contributed by atoms with E-state index in [0.29, 0.717) is 5.92 Å². The van der Waals surface area contributed by atoms with Crippen molar-refractivity contribution in [2.75, 3.05) is 0 Å².